The van der Waals surface area contributed by atoms with Gasteiger partial charge in [0.1, 0.15) is 0 Å². The molecule has 0 aliphatic heterocycles. The summed E-state index contributed by atoms with van der Waals surface area (Å²) in [6.07, 6.45) is 4.06. The number of aromatic hydroxyl groups is 1. The first-order chi connectivity index (χ1) is 10.3. The topological polar surface area (TPSA) is 29.5 Å². The van der Waals surface area contributed by atoms with Crippen LogP contribution in [-0.4, -0.2) is 12.2 Å². The summed E-state index contributed by atoms with van der Waals surface area (Å²) in [6, 6.07) is 20.0. The normalized spacial score (nSPS) is 11.1. The van der Waals surface area contributed by atoms with Crippen molar-refractivity contribution in [2.45, 2.75) is 0 Å². The van der Waals surface area contributed by atoms with Crippen LogP contribution in [-0.2, 0) is 0 Å². The van der Waals surface area contributed by atoms with E-state index < -0.39 is 0 Å². The van der Waals surface area contributed by atoms with E-state index in [0.29, 0.717) is 5.75 Å². The molecule has 0 radical (unpaired) electrons. The molecule has 0 amide bonds. The van der Waals surface area contributed by atoms with Crippen molar-refractivity contribution in [1.82, 2.24) is 0 Å². The van der Waals surface area contributed by atoms with Gasteiger partial charge in [-0.25, -0.2) is 0 Å². The number of ether oxygens (including phenoxy) is 1. The summed E-state index contributed by atoms with van der Waals surface area (Å²) in [7, 11) is 1.55. The number of phenols is 1. The van der Waals surface area contributed by atoms with Crippen LogP contribution in [0.5, 0.6) is 11.5 Å². The fourth-order valence-electron chi connectivity index (χ4n) is 2.30. The van der Waals surface area contributed by atoms with Gasteiger partial charge in [-0.3, -0.25) is 0 Å². The minimum Gasteiger partial charge on any atom is -0.504 e. The second-order valence-corrected chi connectivity index (χ2v) is 4.87. The maximum Gasteiger partial charge on any atom is 0.161 e. The monoisotopic (exact) mass is 276 g/mol. The number of rotatable bonds is 3. The zero-order valence-corrected chi connectivity index (χ0v) is 11.8. The molecule has 0 saturated heterocycles. The fourth-order valence-corrected chi connectivity index (χ4v) is 2.30. The van der Waals surface area contributed by atoms with E-state index in [1.807, 2.05) is 30.3 Å². The highest BCUT2D eigenvalue weighted by Crippen LogP contribution is 2.27. The van der Waals surface area contributed by atoms with Gasteiger partial charge in [0, 0.05) is 0 Å². The first-order valence-electron chi connectivity index (χ1n) is 6.80. The van der Waals surface area contributed by atoms with Crippen LogP contribution in [0.25, 0.3) is 22.9 Å². The van der Waals surface area contributed by atoms with Crippen LogP contribution in [0.1, 0.15) is 11.1 Å². The number of hydrogen-bond acceptors (Lipinski definition) is 2. The van der Waals surface area contributed by atoms with E-state index in [2.05, 4.69) is 36.4 Å². The zero-order valence-electron chi connectivity index (χ0n) is 11.8. The molecule has 0 aliphatic carbocycles. The first kappa shape index (κ1) is 13.3. The lowest BCUT2D eigenvalue weighted by Gasteiger charge is -2.04. The summed E-state index contributed by atoms with van der Waals surface area (Å²) in [6.45, 7) is 0. The van der Waals surface area contributed by atoms with Gasteiger partial charge in [0.25, 0.3) is 0 Å². The standard InChI is InChI=1S/C19H16O2/c1-21-19-13-15(9-11-18(19)20)7-6-14-8-10-16-4-2-3-5-17(16)12-14/h2-13,20H,1H3/b7-6+. The number of phenolic OH excluding ortho intramolecular Hbond substituents is 1. The molecule has 0 unspecified atom stereocenters. The lowest BCUT2D eigenvalue weighted by Crippen LogP contribution is -1.84. The van der Waals surface area contributed by atoms with Crippen molar-refractivity contribution in [1.29, 1.82) is 0 Å². The van der Waals surface area contributed by atoms with E-state index >= 15 is 0 Å². The van der Waals surface area contributed by atoms with Gasteiger partial charge in [0.15, 0.2) is 11.5 Å². The smallest absolute Gasteiger partial charge is 0.161 e. The average molecular weight is 276 g/mol. The van der Waals surface area contributed by atoms with Crippen molar-refractivity contribution in [3.8, 4) is 11.5 Å². The fraction of sp³-hybridized carbons (Fsp3) is 0.0526. The molecule has 1 N–H and O–H groups in total. The molecule has 0 aromatic heterocycles. The largest absolute Gasteiger partial charge is 0.504 e. The third-order valence-electron chi connectivity index (χ3n) is 3.45. The molecule has 0 saturated carbocycles. The maximum absolute atomic E-state index is 9.59. The number of hydrogen-bond donors (Lipinski definition) is 1. The van der Waals surface area contributed by atoms with Crippen LogP contribution in [0.15, 0.2) is 60.7 Å². The van der Waals surface area contributed by atoms with E-state index in [4.69, 9.17) is 4.74 Å². The summed E-state index contributed by atoms with van der Waals surface area (Å²) in [5.74, 6) is 0.635. The van der Waals surface area contributed by atoms with Crippen LogP contribution < -0.4 is 4.74 Å². The molecule has 0 heterocycles. The molecule has 0 spiro atoms. The number of fused-ring (bicyclic) bond motifs is 1. The molecular formula is C19H16O2. The van der Waals surface area contributed by atoms with E-state index in [9.17, 15) is 5.11 Å². The number of methoxy groups -OCH3 is 1. The Morgan fingerprint density at radius 2 is 1.48 bits per heavy atom. The molecule has 0 atom stereocenters. The lowest BCUT2D eigenvalue weighted by molar-refractivity contribution is 0.373. The summed E-state index contributed by atoms with van der Waals surface area (Å²) in [5.41, 5.74) is 2.12. The van der Waals surface area contributed by atoms with Crippen molar-refractivity contribution in [2.24, 2.45) is 0 Å². The van der Waals surface area contributed by atoms with Gasteiger partial charge in [0.05, 0.1) is 7.11 Å². The van der Waals surface area contributed by atoms with E-state index in [1.165, 1.54) is 10.8 Å². The van der Waals surface area contributed by atoms with Crippen molar-refractivity contribution in [2.75, 3.05) is 7.11 Å². The van der Waals surface area contributed by atoms with Crippen LogP contribution in [0.4, 0.5) is 0 Å². The third-order valence-corrected chi connectivity index (χ3v) is 3.45. The van der Waals surface area contributed by atoms with Crippen molar-refractivity contribution in [3.63, 3.8) is 0 Å². The maximum atomic E-state index is 9.59. The van der Waals surface area contributed by atoms with Crippen LogP contribution in [0.3, 0.4) is 0 Å². The van der Waals surface area contributed by atoms with Gasteiger partial charge in [-0.15, -0.1) is 0 Å². The van der Waals surface area contributed by atoms with E-state index in [0.717, 1.165) is 11.1 Å². The van der Waals surface area contributed by atoms with Crippen molar-refractivity contribution in [3.05, 3.63) is 71.8 Å². The predicted octanol–water partition coefficient (Wildman–Crippen LogP) is 4.72. The third kappa shape index (κ3) is 2.90. The summed E-state index contributed by atoms with van der Waals surface area (Å²) >= 11 is 0. The highest BCUT2D eigenvalue weighted by Gasteiger charge is 2.00. The summed E-state index contributed by atoms with van der Waals surface area (Å²) in [5, 5.41) is 12.1. The van der Waals surface area contributed by atoms with Crippen LogP contribution in [0, 0.1) is 0 Å². The molecule has 0 fully saturated rings. The molecule has 21 heavy (non-hydrogen) atoms. The second-order valence-electron chi connectivity index (χ2n) is 4.87. The molecule has 3 aromatic rings. The Morgan fingerprint density at radius 1 is 0.810 bits per heavy atom. The average Bonchev–Trinajstić information content (AvgIpc) is 2.54. The minimum atomic E-state index is 0.153. The molecule has 2 heteroatoms. The van der Waals surface area contributed by atoms with Crippen LogP contribution >= 0.6 is 0 Å². The number of benzene rings is 3. The Balaban J connectivity index is 1.90. The van der Waals surface area contributed by atoms with E-state index in [1.54, 1.807) is 13.2 Å². The molecule has 0 bridgehead atoms. The van der Waals surface area contributed by atoms with Crippen molar-refractivity contribution >= 4 is 22.9 Å². The Labute approximate surface area is 123 Å². The van der Waals surface area contributed by atoms with Gasteiger partial charge < -0.3 is 9.84 Å². The highest BCUT2D eigenvalue weighted by molar-refractivity contribution is 5.86. The Morgan fingerprint density at radius 3 is 2.24 bits per heavy atom. The van der Waals surface area contributed by atoms with Gasteiger partial charge in [-0.2, -0.15) is 0 Å². The predicted molar refractivity (Wildman–Crippen MR) is 87.5 cm³/mol. The highest BCUT2D eigenvalue weighted by atomic mass is 16.5. The molecule has 3 rings (SSSR count). The summed E-state index contributed by atoms with van der Waals surface area (Å²) in [4.78, 5) is 0. The SMILES string of the molecule is COc1cc(/C=C/c2ccc3ccccc3c2)ccc1O. The van der Waals surface area contributed by atoms with Gasteiger partial charge in [0.2, 0.25) is 0 Å². The summed E-state index contributed by atoms with van der Waals surface area (Å²) < 4.78 is 5.11. The van der Waals surface area contributed by atoms with Crippen molar-refractivity contribution < 1.29 is 9.84 Å². The molecule has 2 nitrogen and oxygen atoms in total. The van der Waals surface area contributed by atoms with E-state index in [-0.39, 0.29) is 5.75 Å². The van der Waals surface area contributed by atoms with Gasteiger partial charge in [-0.05, 0) is 40.1 Å². The van der Waals surface area contributed by atoms with Crippen LogP contribution in [0.2, 0.25) is 0 Å². The molecule has 3 aromatic carbocycles. The molecule has 0 aliphatic rings. The molecular weight excluding hydrogens is 260 g/mol. The Hall–Kier alpha value is -2.74. The quantitative estimate of drug-likeness (QED) is 0.701. The Kier molecular flexibility index (Phi) is 3.61. The lowest BCUT2D eigenvalue weighted by atomic mass is 10.1. The van der Waals surface area contributed by atoms with Gasteiger partial charge >= 0.3 is 0 Å². The minimum absolute atomic E-state index is 0.153. The van der Waals surface area contributed by atoms with Gasteiger partial charge in [-0.1, -0.05) is 54.6 Å². The first-order valence-corrected chi connectivity index (χ1v) is 6.80. The Bertz CT molecular complexity index is 804. The zero-order chi connectivity index (χ0) is 14.7. The second kappa shape index (κ2) is 5.71. The molecule has 104 valence electrons.